The van der Waals surface area contributed by atoms with Gasteiger partial charge in [-0.1, -0.05) is 0 Å². The second kappa shape index (κ2) is 5.48. The van der Waals surface area contributed by atoms with Crippen molar-refractivity contribution in [2.75, 3.05) is 17.6 Å². The number of nitrogens with two attached hydrogens (primary N) is 1. The zero-order valence-corrected chi connectivity index (χ0v) is 9.74. The molecule has 1 heterocycles. The van der Waals surface area contributed by atoms with E-state index in [1.165, 1.54) is 6.07 Å². The van der Waals surface area contributed by atoms with Crippen LogP contribution in [0.2, 0.25) is 0 Å². The Balaban J connectivity index is 1.86. The van der Waals surface area contributed by atoms with Crippen LogP contribution in [0, 0.1) is 11.6 Å². The predicted octanol–water partition coefficient (Wildman–Crippen LogP) is 2.25. The number of nitrogens with one attached hydrogen (secondary N) is 1. The molecule has 2 rings (SSSR count). The number of hydrogen-bond donors (Lipinski definition) is 2. The molecule has 0 fully saturated rings. The highest BCUT2D eigenvalue weighted by molar-refractivity contribution is 5.66. The molecule has 0 radical (unpaired) electrons. The van der Waals surface area contributed by atoms with Crippen LogP contribution < -0.4 is 11.1 Å². The molecule has 0 aliphatic carbocycles. The number of nitrogens with zero attached hydrogens (tertiary/aromatic N) is 2. The second-order valence-corrected chi connectivity index (χ2v) is 3.93. The third-order valence-electron chi connectivity index (χ3n) is 2.56. The summed E-state index contributed by atoms with van der Waals surface area (Å²) in [4.78, 5) is 3.92. The standard InChI is InChI=1S/C12H14F2N4/c13-9-6-10(14)12(15)11(7-9)17-2-1-4-18-5-3-16-8-18/h3,5-8,17H,1-2,4,15H2. The first-order chi connectivity index (χ1) is 8.66. The van der Waals surface area contributed by atoms with Crippen LogP contribution in [-0.4, -0.2) is 16.1 Å². The Kier molecular flexibility index (Phi) is 3.76. The second-order valence-electron chi connectivity index (χ2n) is 3.93. The van der Waals surface area contributed by atoms with Crippen molar-refractivity contribution in [3.63, 3.8) is 0 Å². The Hall–Kier alpha value is -2.11. The SMILES string of the molecule is Nc1c(F)cc(F)cc1NCCCn1ccnc1. The van der Waals surface area contributed by atoms with E-state index in [9.17, 15) is 8.78 Å². The summed E-state index contributed by atoms with van der Waals surface area (Å²) < 4.78 is 28.1. The topological polar surface area (TPSA) is 55.9 Å². The maximum Gasteiger partial charge on any atom is 0.151 e. The summed E-state index contributed by atoms with van der Waals surface area (Å²) in [7, 11) is 0. The lowest BCUT2D eigenvalue weighted by Crippen LogP contribution is -2.08. The van der Waals surface area contributed by atoms with Crippen molar-refractivity contribution in [1.82, 2.24) is 9.55 Å². The monoisotopic (exact) mass is 252 g/mol. The Bertz CT molecular complexity index is 511. The molecule has 0 spiro atoms. The average molecular weight is 252 g/mol. The predicted molar refractivity (Wildman–Crippen MR) is 66.1 cm³/mol. The first-order valence-corrected chi connectivity index (χ1v) is 5.61. The van der Waals surface area contributed by atoms with Gasteiger partial charge in [0.2, 0.25) is 0 Å². The zero-order valence-electron chi connectivity index (χ0n) is 9.74. The summed E-state index contributed by atoms with van der Waals surface area (Å²) in [6.07, 6.45) is 6.08. The van der Waals surface area contributed by atoms with Gasteiger partial charge in [-0.3, -0.25) is 0 Å². The van der Waals surface area contributed by atoms with E-state index in [1.807, 2.05) is 10.8 Å². The maximum absolute atomic E-state index is 13.2. The molecule has 0 saturated carbocycles. The number of aryl methyl sites for hydroxylation is 1. The fourth-order valence-electron chi connectivity index (χ4n) is 1.63. The minimum absolute atomic E-state index is 0.0565. The summed E-state index contributed by atoms with van der Waals surface area (Å²) in [5.41, 5.74) is 5.74. The molecular formula is C12H14F2N4. The average Bonchev–Trinajstić information content (AvgIpc) is 2.83. The van der Waals surface area contributed by atoms with Gasteiger partial charge >= 0.3 is 0 Å². The van der Waals surface area contributed by atoms with Crippen LogP contribution in [0.4, 0.5) is 20.2 Å². The molecule has 1 aromatic heterocycles. The molecular weight excluding hydrogens is 238 g/mol. The molecule has 3 N–H and O–H groups in total. The number of nitrogen functional groups attached to an aromatic ring is 1. The van der Waals surface area contributed by atoms with Gasteiger partial charge in [0, 0.05) is 31.5 Å². The lowest BCUT2D eigenvalue weighted by atomic mass is 10.2. The first kappa shape index (κ1) is 12.3. The van der Waals surface area contributed by atoms with Gasteiger partial charge in [-0.2, -0.15) is 0 Å². The van der Waals surface area contributed by atoms with Crippen LogP contribution >= 0.6 is 0 Å². The van der Waals surface area contributed by atoms with Gasteiger partial charge in [0.05, 0.1) is 17.7 Å². The summed E-state index contributed by atoms with van der Waals surface area (Å²) in [6, 6.07) is 1.96. The largest absolute Gasteiger partial charge is 0.395 e. The van der Waals surface area contributed by atoms with Crippen molar-refractivity contribution in [2.45, 2.75) is 13.0 Å². The molecule has 2 aromatic rings. The van der Waals surface area contributed by atoms with Crippen molar-refractivity contribution < 1.29 is 8.78 Å². The van der Waals surface area contributed by atoms with Crippen LogP contribution in [0.25, 0.3) is 0 Å². The van der Waals surface area contributed by atoms with E-state index >= 15 is 0 Å². The summed E-state index contributed by atoms with van der Waals surface area (Å²) >= 11 is 0. The number of hydrogen-bond acceptors (Lipinski definition) is 3. The van der Waals surface area contributed by atoms with Crippen molar-refractivity contribution >= 4 is 11.4 Å². The number of rotatable bonds is 5. The van der Waals surface area contributed by atoms with Crippen LogP contribution in [-0.2, 0) is 6.54 Å². The smallest absolute Gasteiger partial charge is 0.151 e. The van der Waals surface area contributed by atoms with Gasteiger partial charge in [0.25, 0.3) is 0 Å². The van der Waals surface area contributed by atoms with E-state index in [1.54, 1.807) is 12.5 Å². The molecule has 1 aromatic carbocycles. The van der Waals surface area contributed by atoms with E-state index in [4.69, 9.17) is 5.73 Å². The highest BCUT2D eigenvalue weighted by Crippen LogP contribution is 2.23. The van der Waals surface area contributed by atoms with Gasteiger partial charge in [0.15, 0.2) is 5.82 Å². The van der Waals surface area contributed by atoms with E-state index < -0.39 is 11.6 Å². The number of aromatic nitrogens is 2. The molecule has 4 nitrogen and oxygen atoms in total. The number of benzene rings is 1. The molecule has 0 atom stereocenters. The van der Waals surface area contributed by atoms with Crippen LogP contribution in [0.15, 0.2) is 30.9 Å². The molecule has 0 saturated heterocycles. The van der Waals surface area contributed by atoms with Crippen molar-refractivity contribution in [2.24, 2.45) is 0 Å². The van der Waals surface area contributed by atoms with Crippen molar-refractivity contribution in [1.29, 1.82) is 0 Å². The molecule has 6 heteroatoms. The fraction of sp³-hybridized carbons (Fsp3) is 0.250. The van der Waals surface area contributed by atoms with Crippen LogP contribution in [0.5, 0.6) is 0 Å². The molecule has 0 amide bonds. The number of halogens is 2. The third-order valence-corrected chi connectivity index (χ3v) is 2.56. The van der Waals surface area contributed by atoms with E-state index in [0.29, 0.717) is 6.54 Å². The van der Waals surface area contributed by atoms with Gasteiger partial charge in [-0.15, -0.1) is 0 Å². The van der Waals surface area contributed by atoms with Crippen molar-refractivity contribution in [3.8, 4) is 0 Å². The Labute approximate surface area is 103 Å². The van der Waals surface area contributed by atoms with Gasteiger partial charge < -0.3 is 15.6 Å². The highest BCUT2D eigenvalue weighted by Gasteiger charge is 2.07. The maximum atomic E-state index is 13.2. The summed E-state index contributed by atoms with van der Waals surface area (Å²) in [5, 5.41) is 2.92. The van der Waals surface area contributed by atoms with E-state index in [-0.39, 0.29) is 11.4 Å². The van der Waals surface area contributed by atoms with E-state index in [2.05, 4.69) is 10.3 Å². The zero-order chi connectivity index (χ0) is 13.0. The summed E-state index contributed by atoms with van der Waals surface area (Å²) in [6.45, 7) is 1.36. The lowest BCUT2D eigenvalue weighted by Gasteiger charge is -2.10. The molecule has 96 valence electrons. The fourth-order valence-corrected chi connectivity index (χ4v) is 1.63. The molecule has 0 unspecified atom stereocenters. The number of anilines is 2. The third kappa shape index (κ3) is 2.97. The van der Waals surface area contributed by atoms with Crippen molar-refractivity contribution in [3.05, 3.63) is 42.5 Å². The Morgan fingerprint density at radius 2 is 2.17 bits per heavy atom. The minimum atomic E-state index is -0.743. The van der Waals surface area contributed by atoms with Crippen LogP contribution in [0.1, 0.15) is 6.42 Å². The van der Waals surface area contributed by atoms with Crippen LogP contribution in [0.3, 0.4) is 0 Å². The summed E-state index contributed by atoms with van der Waals surface area (Å²) in [5.74, 6) is -1.38. The minimum Gasteiger partial charge on any atom is -0.395 e. The van der Waals surface area contributed by atoms with Gasteiger partial charge in [0.1, 0.15) is 5.82 Å². The van der Waals surface area contributed by atoms with E-state index in [0.717, 1.165) is 19.0 Å². The Morgan fingerprint density at radius 3 is 2.89 bits per heavy atom. The lowest BCUT2D eigenvalue weighted by molar-refractivity contribution is 0.586. The normalized spacial score (nSPS) is 10.6. The Morgan fingerprint density at radius 1 is 1.33 bits per heavy atom. The van der Waals surface area contributed by atoms with Gasteiger partial charge in [-0.05, 0) is 12.5 Å². The van der Waals surface area contributed by atoms with Gasteiger partial charge in [-0.25, -0.2) is 13.8 Å². The first-order valence-electron chi connectivity index (χ1n) is 5.61. The molecule has 0 aliphatic rings. The molecule has 0 aliphatic heterocycles. The molecule has 0 bridgehead atoms. The molecule has 18 heavy (non-hydrogen) atoms. The number of imidazole rings is 1. The quantitative estimate of drug-likeness (QED) is 0.634. The highest BCUT2D eigenvalue weighted by atomic mass is 19.1.